The van der Waals surface area contributed by atoms with Crippen LogP contribution in [0.15, 0.2) is 23.3 Å². The van der Waals surface area contributed by atoms with Gasteiger partial charge in [-0.15, -0.1) is 0 Å². The highest BCUT2D eigenvalue weighted by atomic mass is 16.1. The molecule has 6 heteroatoms. The Kier molecular flexibility index (Phi) is 4.15. The lowest BCUT2D eigenvalue weighted by atomic mass is 9.96. The fourth-order valence-electron chi connectivity index (χ4n) is 4.41. The number of hydrogen-bond donors (Lipinski definition) is 0. The summed E-state index contributed by atoms with van der Waals surface area (Å²) >= 11 is 0. The Bertz CT molecular complexity index is 821. The molecule has 4 heterocycles. The van der Waals surface area contributed by atoms with Gasteiger partial charge in [0.15, 0.2) is 0 Å². The Morgan fingerprint density at radius 1 is 1.08 bits per heavy atom. The molecule has 0 bridgehead atoms. The highest BCUT2D eigenvalue weighted by Gasteiger charge is 2.26. The Morgan fingerprint density at radius 2 is 1.92 bits per heavy atom. The number of piperidine rings is 1. The maximum atomic E-state index is 12.3. The summed E-state index contributed by atoms with van der Waals surface area (Å²) in [5, 5.41) is 4.73. The van der Waals surface area contributed by atoms with Crippen LogP contribution in [0, 0.1) is 5.92 Å². The average Bonchev–Trinajstić information content (AvgIpc) is 3.29. The molecular formula is C20H27N5O. The second-order valence-electron chi connectivity index (χ2n) is 8.25. The van der Waals surface area contributed by atoms with E-state index < -0.39 is 0 Å². The summed E-state index contributed by atoms with van der Waals surface area (Å²) in [6.45, 7) is 5.04. The van der Waals surface area contributed by atoms with E-state index >= 15 is 0 Å². The Balaban J connectivity index is 1.15. The van der Waals surface area contributed by atoms with Crippen LogP contribution in [0.3, 0.4) is 0 Å². The molecule has 2 aromatic rings. The van der Waals surface area contributed by atoms with Gasteiger partial charge in [-0.25, -0.2) is 4.98 Å². The smallest absolute Gasteiger partial charge is 0.253 e. The van der Waals surface area contributed by atoms with Crippen LogP contribution in [0.5, 0.6) is 0 Å². The number of nitrogens with zero attached hydrogens (tertiary/aromatic N) is 5. The first-order valence-corrected chi connectivity index (χ1v) is 10.1. The maximum absolute atomic E-state index is 12.3. The van der Waals surface area contributed by atoms with Gasteiger partial charge in [-0.05, 0) is 63.6 Å². The molecule has 0 unspecified atom stereocenters. The minimum absolute atomic E-state index is 0.122. The van der Waals surface area contributed by atoms with Crippen LogP contribution in [-0.2, 0) is 26.1 Å². The SMILES string of the molecule is O=c1cc(C2CC2)ncn1CC1CCN(Cc2cc3n(n2)CCC3)CC1. The zero-order valence-corrected chi connectivity index (χ0v) is 15.3. The number of aromatic nitrogens is 4. The molecule has 0 radical (unpaired) electrons. The number of likely N-dealkylation sites (tertiary alicyclic amines) is 1. The van der Waals surface area contributed by atoms with Gasteiger partial charge in [0.1, 0.15) is 0 Å². The molecule has 1 saturated carbocycles. The van der Waals surface area contributed by atoms with E-state index in [1.54, 1.807) is 12.4 Å². The van der Waals surface area contributed by atoms with Gasteiger partial charge in [0.2, 0.25) is 0 Å². The highest BCUT2D eigenvalue weighted by Crippen LogP contribution is 2.38. The lowest BCUT2D eigenvalue weighted by Gasteiger charge is -2.31. The zero-order chi connectivity index (χ0) is 17.5. The number of aryl methyl sites for hydroxylation is 2. The average molecular weight is 353 g/mol. The summed E-state index contributed by atoms with van der Waals surface area (Å²) in [7, 11) is 0. The fourth-order valence-corrected chi connectivity index (χ4v) is 4.41. The first-order chi connectivity index (χ1) is 12.7. The van der Waals surface area contributed by atoms with Crippen molar-refractivity contribution in [3.63, 3.8) is 0 Å². The second-order valence-corrected chi connectivity index (χ2v) is 8.25. The molecule has 0 amide bonds. The van der Waals surface area contributed by atoms with E-state index in [2.05, 4.69) is 20.6 Å². The molecule has 3 aliphatic rings. The van der Waals surface area contributed by atoms with Crippen LogP contribution >= 0.6 is 0 Å². The molecule has 1 aliphatic carbocycles. The van der Waals surface area contributed by atoms with E-state index in [4.69, 9.17) is 5.10 Å². The summed E-state index contributed by atoms with van der Waals surface area (Å²) in [6.07, 6.45) is 8.86. The van der Waals surface area contributed by atoms with Crippen molar-refractivity contribution in [2.45, 2.75) is 64.1 Å². The van der Waals surface area contributed by atoms with Gasteiger partial charge in [-0.1, -0.05) is 0 Å². The molecule has 138 valence electrons. The van der Waals surface area contributed by atoms with E-state index in [9.17, 15) is 4.79 Å². The predicted molar refractivity (Wildman–Crippen MR) is 99.0 cm³/mol. The van der Waals surface area contributed by atoms with Gasteiger partial charge < -0.3 is 0 Å². The van der Waals surface area contributed by atoms with Crippen molar-refractivity contribution in [1.29, 1.82) is 0 Å². The summed E-state index contributed by atoms with van der Waals surface area (Å²) in [4.78, 5) is 19.3. The number of fused-ring (bicyclic) bond motifs is 1. The summed E-state index contributed by atoms with van der Waals surface area (Å²) in [5.41, 5.74) is 3.73. The van der Waals surface area contributed by atoms with E-state index in [1.807, 2.05) is 4.57 Å². The van der Waals surface area contributed by atoms with Crippen molar-refractivity contribution in [3.05, 3.63) is 45.9 Å². The van der Waals surface area contributed by atoms with Crippen LogP contribution in [0.2, 0.25) is 0 Å². The van der Waals surface area contributed by atoms with Gasteiger partial charge >= 0.3 is 0 Å². The molecule has 26 heavy (non-hydrogen) atoms. The summed E-state index contributed by atoms with van der Waals surface area (Å²) in [5.74, 6) is 1.12. The first-order valence-electron chi connectivity index (χ1n) is 10.1. The minimum Gasteiger partial charge on any atom is -0.299 e. The molecular weight excluding hydrogens is 326 g/mol. The largest absolute Gasteiger partial charge is 0.299 e. The van der Waals surface area contributed by atoms with Gasteiger partial charge in [-0.2, -0.15) is 5.10 Å². The van der Waals surface area contributed by atoms with Crippen molar-refractivity contribution in [2.75, 3.05) is 13.1 Å². The third-order valence-electron chi connectivity index (χ3n) is 6.16. The first kappa shape index (κ1) is 16.2. The fraction of sp³-hybridized carbons (Fsp3) is 0.650. The van der Waals surface area contributed by atoms with Crippen molar-refractivity contribution < 1.29 is 0 Å². The number of rotatable bonds is 5. The van der Waals surface area contributed by atoms with Gasteiger partial charge in [0, 0.05) is 37.3 Å². The predicted octanol–water partition coefficient (Wildman–Crippen LogP) is 2.18. The molecule has 0 spiro atoms. The zero-order valence-electron chi connectivity index (χ0n) is 15.3. The van der Waals surface area contributed by atoms with Gasteiger partial charge in [-0.3, -0.25) is 18.9 Å². The Labute approximate surface area is 153 Å². The topological polar surface area (TPSA) is 56.0 Å². The van der Waals surface area contributed by atoms with Crippen LogP contribution in [0.4, 0.5) is 0 Å². The minimum atomic E-state index is 0.122. The molecule has 2 fully saturated rings. The summed E-state index contributed by atoms with van der Waals surface area (Å²) in [6, 6.07) is 4.04. The Hall–Kier alpha value is -1.95. The van der Waals surface area contributed by atoms with E-state index in [-0.39, 0.29) is 5.56 Å². The lowest BCUT2D eigenvalue weighted by Crippen LogP contribution is -2.36. The van der Waals surface area contributed by atoms with Crippen LogP contribution < -0.4 is 5.56 Å². The lowest BCUT2D eigenvalue weighted by molar-refractivity contribution is 0.164. The molecule has 1 saturated heterocycles. The molecule has 2 aromatic heterocycles. The third kappa shape index (κ3) is 3.34. The molecule has 0 N–H and O–H groups in total. The monoisotopic (exact) mass is 353 g/mol. The quantitative estimate of drug-likeness (QED) is 0.827. The van der Waals surface area contributed by atoms with Crippen molar-refractivity contribution in [1.82, 2.24) is 24.2 Å². The van der Waals surface area contributed by atoms with E-state index in [0.29, 0.717) is 11.8 Å². The van der Waals surface area contributed by atoms with E-state index in [0.717, 1.165) is 51.3 Å². The van der Waals surface area contributed by atoms with Crippen molar-refractivity contribution >= 4 is 0 Å². The second kappa shape index (κ2) is 6.65. The summed E-state index contributed by atoms with van der Waals surface area (Å²) < 4.78 is 3.99. The van der Waals surface area contributed by atoms with Crippen LogP contribution in [0.1, 0.15) is 55.1 Å². The third-order valence-corrected chi connectivity index (χ3v) is 6.16. The molecule has 6 nitrogen and oxygen atoms in total. The Morgan fingerprint density at radius 3 is 2.65 bits per heavy atom. The van der Waals surface area contributed by atoms with Gasteiger partial charge in [0.05, 0.1) is 17.7 Å². The molecule has 2 aliphatic heterocycles. The van der Waals surface area contributed by atoms with Crippen molar-refractivity contribution in [3.8, 4) is 0 Å². The van der Waals surface area contributed by atoms with Crippen LogP contribution in [0.25, 0.3) is 0 Å². The van der Waals surface area contributed by atoms with Crippen LogP contribution in [-0.4, -0.2) is 37.3 Å². The molecule has 5 rings (SSSR count). The molecule has 0 atom stereocenters. The maximum Gasteiger partial charge on any atom is 0.253 e. The normalized spacial score (nSPS) is 21.2. The highest BCUT2D eigenvalue weighted by molar-refractivity contribution is 5.13. The van der Waals surface area contributed by atoms with Crippen molar-refractivity contribution in [2.24, 2.45) is 5.92 Å². The van der Waals surface area contributed by atoms with E-state index in [1.165, 1.54) is 37.1 Å². The molecule has 0 aromatic carbocycles. The standard InChI is InChI=1S/C20H27N5O/c26-20-11-19(16-3-4-16)21-14-24(20)12-15-5-8-23(9-6-15)13-17-10-18-2-1-7-25(18)22-17/h10-11,14-16H,1-9,12-13H2. The van der Waals surface area contributed by atoms with Gasteiger partial charge in [0.25, 0.3) is 5.56 Å². The number of hydrogen-bond acceptors (Lipinski definition) is 4.